The summed E-state index contributed by atoms with van der Waals surface area (Å²) in [4.78, 5) is 41.0. The van der Waals surface area contributed by atoms with Gasteiger partial charge in [0, 0.05) is 12.2 Å². The normalized spacial score (nSPS) is 12.8. The van der Waals surface area contributed by atoms with Crippen molar-refractivity contribution in [2.45, 2.75) is 59.2 Å². The molecule has 0 fully saturated rings. The summed E-state index contributed by atoms with van der Waals surface area (Å²) in [6.07, 6.45) is 0.648. The number of para-hydroxylation sites is 1. The van der Waals surface area contributed by atoms with Gasteiger partial charge in [-0.05, 0) is 58.2 Å². The molecule has 0 heterocycles. The number of hydrogen-bond acceptors (Lipinski definition) is 5. The highest BCUT2D eigenvalue weighted by Gasteiger charge is 2.36. The van der Waals surface area contributed by atoms with Crippen LogP contribution in [0.1, 0.15) is 49.1 Å². The summed E-state index contributed by atoms with van der Waals surface area (Å²) in [7, 11) is 0. The van der Waals surface area contributed by atoms with Crippen LogP contribution in [0.3, 0.4) is 0 Å². The average molecular weight is 496 g/mol. The first-order valence-corrected chi connectivity index (χ1v) is 11.8. The Morgan fingerprint density at radius 2 is 1.69 bits per heavy atom. The van der Waals surface area contributed by atoms with Crippen molar-refractivity contribution in [2.24, 2.45) is 0 Å². The van der Waals surface area contributed by atoms with Crippen LogP contribution in [-0.2, 0) is 14.3 Å². The molecule has 0 aliphatic rings. The second kappa shape index (κ2) is 12.4. The molecule has 3 N–H and O–H groups in total. The number of aryl methyl sites for hydroxylation is 3. The van der Waals surface area contributed by atoms with Crippen molar-refractivity contribution < 1.29 is 24.2 Å². The summed E-state index contributed by atoms with van der Waals surface area (Å²) < 4.78 is 5.24. The maximum atomic E-state index is 13.8. The summed E-state index contributed by atoms with van der Waals surface area (Å²) in [6.45, 7) is 13.8. The Morgan fingerprint density at radius 1 is 1.08 bits per heavy atom. The zero-order chi connectivity index (χ0) is 27.0. The van der Waals surface area contributed by atoms with Gasteiger partial charge in [-0.1, -0.05) is 54.1 Å². The van der Waals surface area contributed by atoms with Crippen LogP contribution in [0.25, 0.3) is 0 Å². The Morgan fingerprint density at radius 3 is 2.22 bits per heavy atom. The van der Waals surface area contributed by atoms with Crippen LogP contribution in [0.4, 0.5) is 10.5 Å². The van der Waals surface area contributed by atoms with Crippen LogP contribution in [0.5, 0.6) is 0 Å². The van der Waals surface area contributed by atoms with Crippen LogP contribution in [-0.4, -0.2) is 52.7 Å². The van der Waals surface area contributed by atoms with E-state index in [1.165, 1.54) is 11.0 Å². The van der Waals surface area contributed by atoms with Crippen LogP contribution in [0, 0.1) is 20.8 Å². The third-order valence-electron chi connectivity index (χ3n) is 5.43. The molecular weight excluding hydrogens is 458 g/mol. The van der Waals surface area contributed by atoms with Gasteiger partial charge in [-0.15, -0.1) is 6.58 Å². The van der Waals surface area contributed by atoms with Gasteiger partial charge in [-0.2, -0.15) is 0 Å². The molecule has 0 aliphatic carbocycles. The van der Waals surface area contributed by atoms with E-state index in [1.807, 2.05) is 57.2 Å². The number of nitrogens with zero attached hydrogens (tertiary/aromatic N) is 1. The van der Waals surface area contributed by atoms with Gasteiger partial charge < -0.3 is 25.4 Å². The van der Waals surface area contributed by atoms with Crippen LogP contribution < -0.4 is 10.6 Å². The van der Waals surface area contributed by atoms with E-state index < -0.39 is 42.2 Å². The monoisotopic (exact) mass is 495 g/mol. The summed E-state index contributed by atoms with van der Waals surface area (Å²) in [5, 5.41) is 15.4. The largest absolute Gasteiger partial charge is 0.444 e. The van der Waals surface area contributed by atoms with E-state index in [1.54, 1.807) is 26.8 Å². The molecule has 0 aliphatic heterocycles. The van der Waals surface area contributed by atoms with Gasteiger partial charge in [0.05, 0.1) is 6.61 Å². The lowest BCUT2D eigenvalue weighted by Crippen LogP contribution is -2.53. The van der Waals surface area contributed by atoms with Crippen molar-refractivity contribution in [3.63, 3.8) is 0 Å². The lowest BCUT2D eigenvalue weighted by molar-refractivity contribution is -0.140. The molecule has 2 aromatic rings. The van der Waals surface area contributed by atoms with Gasteiger partial charge in [0.1, 0.15) is 17.7 Å². The molecule has 2 atom stereocenters. The third-order valence-corrected chi connectivity index (χ3v) is 5.43. The Balaban J connectivity index is 2.49. The predicted octanol–water partition coefficient (Wildman–Crippen LogP) is 4.19. The van der Waals surface area contributed by atoms with Crippen molar-refractivity contribution in [2.75, 3.05) is 18.5 Å². The van der Waals surface area contributed by atoms with Crippen molar-refractivity contribution in [3.8, 4) is 0 Å². The van der Waals surface area contributed by atoms with Gasteiger partial charge in [-0.3, -0.25) is 9.59 Å². The maximum absolute atomic E-state index is 13.8. The number of anilines is 1. The van der Waals surface area contributed by atoms with E-state index in [0.717, 1.165) is 16.7 Å². The molecule has 194 valence electrons. The lowest BCUT2D eigenvalue weighted by Gasteiger charge is -2.33. The number of carbonyl (C=O) groups excluding carboxylic acids is 3. The molecule has 2 rings (SSSR count). The fourth-order valence-corrected chi connectivity index (χ4v) is 3.81. The predicted molar refractivity (Wildman–Crippen MR) is 141 cm³/mol. The minimum absolute atomic E-state index is 0.00408. The number of carbonyl (C=O) groups is 3. The van der Waals surface area contributed by atoms with Crippen molar-refractivity contribution in [1.82, 2.24) is 10.2 Å². The molecule has 8 heteroatoms. The number of rotatable bonds is 9. The fourth-order valence-electron chi connectivity index (χ4n) is 3.81. The number of amides is 3. The standard InChI is InChI=1S/C28H37N3O5/c1-8-15-31(26(34)22(17-32)29-27(35)36-28(5,6)7)24(21-14-9-11-18(2)16-21)25(33)30-23-19(3)12-10-13-20(23)4/h8-14,16,22,24,32H,1,15,17H2,2-7H3,(H,29,35)(H,30,33). The van der Waals surface area contributed by atoms with E-state index in [9.17, 15) is 19.5 Å². The van der Waals surface area contributed by atoms with Crippen molar-refractivity contribution in [1.29, 1.82) is 0 Å². The van der Waals surface area contributed by atoms with Gasteiger partial charge in [-0.25, -0.2) is 4.79 Å². The number of aliphatic hydroxyl groups is 1. The number of aliphatic hydroxyl groups excluding tert-OH is 1. The van der Waals surface area contributed by atoms with E-state index >= 15 is 0 Å². The highest BCUT2D eigenvalue weighted by molar-refractivity contribution is 6.00. The van der Waals surface area contributed by atoms with Crippen LogP contribution in [0.2, 0.25) is 0 Å². The summed E-state index contributed by atoms with van der Waals surface area (Å²) >= 11 is 0. The second-order valence-electron chi connectivity index (χ2n) is 9.73. The average Bonchev–Trinajstić information content (AvgIpc) is 2.78. The molecule has 0 aromatic heterocycles. The van der Waals surface area contributed by atoms with Crippen molar-refractivity contribution >= 4 is 23.6 Å². The zero-order valence-electron chi connectivity index (χ0n) is 21.9. The molecule has 0 saturated carbocycles. The first kappa shape index (κ1) is 28.6. The number of ether oxygens (including phenoxy) is 1. The SMILES string of the molecule is C=CCN(C(=O)C(CO)NC(=O)OC(C)(C)C)C(C(=O)Nc1c(C)cccc1C)c1cccc(C)c1. The van der Waals surface area contributed by atoms with E-state index in [0.29, 0.717) is 11.3 Å². The molecule has 2 unspecified atom stereocenters. The highest BCUT2D eigenvalue weighted by atomic mass is 16.6. The maximum Gasteiger partial charge on any atom is 0.408 e. The minimum atomic E-state index is -1.32. The second-order valence-corrected chi connectivity index (χ2v) is 9.73. The summed E-state index contributed by atoms with van der Waals surface area (Å²) in [6, 6.07) is 10.6. The summed E-state index contributed by atoms with van der Waals surface area (Å²) in [5.41, 5.74) is 3.14. The summed E-state index contributed by atoms with van der Waals surface area (Å²) in [5.74, 6) is -1.08. The van der Waals surface area contributed by atoms with E-state index in [-0.39, 0.29) is 6.54 Å². The molecular formula is C28H37N3O5. The highest BCUT2D eigenvalue weighted by Crippen LogP contribution is 2.27. The number of alkyl carbamates (subject to hydrolysis) is 1. The smallest absolute Gasteiger partial charge is 0.408 e. The van der Waals surface area contributed by atoms with Gasteiger partial charge in [0.2, 0.25) is 5.91 Å². The Bertz CT molecular complexity index is 1090. The third kappa shape index (κ3) is 7.68. The van der Waals surface area contributed by atoms with E-state index in [2.05, 4.69) is 17.2 Å². The van der Waals surface area contributed by atoms with Crippen LogP contribution >= 0.6 is 0 Å². The Hall–Kier alpha value is -3.65. The van der Waals surface area contributed by atoms with Crippen molar-refractivity contribution in [3.05, 3.63) is 77.4 Å². The molecule has 2 aromatic carbocycles. The fraction of sp³-hybridized carbons (Fsp3) is 0.393. The first-order chi connectivity index (χ1) is 16.9. The molecule has 36 heavy (non-hydrogen) atoms. The Kier molecular flexibility index (Phi) is 9.81. The number of nitrogens with one attached hydrogen (secondary N) is 2. The molecule has 0 radical (unpaired) electrons. The molecule has 0 saturated heterocycles. The topological polar surface area (TPSA) is 108 Å². The quantitative estimate of drug-likeness (QED) is 0.452. The lowest BCUT2D eigenvalue weighted by atomic mass is 10.00. The minimum Gasteiger partial charge on any atom is -0.444 e. The van der Waals surface area contributed by atoms with E-state index in [4.69, 9.17) is 4.74 Å². The van der Waals surface area contributed by atoms with Gasteiger partial charge >= 0.3 is 6.09 Å². The number of benzene rings is 2. The first-order valence-electron chi connectivity index (χ1n) is 11.8. The molecule has 8 nitrogen and oxygen atoms in total. The van der Waals surface area contributed by atoms with Crippen LogP contribution in [0.15, 0.2) is 55.1 Å². The van der Waals surface area contributed by atoms with Gasteiger partial charge in [0.15, 0.2) is 0 Å². The Labute approximate surface area is 213 Å². The molecule has 3 amide bonds. The molecule has 0 spiro atoms. The molecule has 0 bridgehead atoms. The zero-order valence-corrected chi connectivity index (χ0v) is 21.9. The number of hydrogen-bond donors (Lipinski definition) is 3. The van der Waals surface area contributed by atoms with Gasteiger partial charge in [0.25, 0.3) is 5.91 Å².